The molecule has 0 aliphatic carbocycles. The van der Waals surface area contributed by atoms with Gasteiger partial charge < -0.3 is 15.4 Å². The van der Waals surface area contributed by atoms with Gasteiger partial charge in [-0.25, -0.2) is 0 Å². The number of methoxy groups -OCH3 is 1. The van der Waals surface area contributed by atoms with Crippen LogP contribution in [0.3, 0.4) is 0 Å². The van der Waals surface area contributed by atoms with Crippen molar-refractivity contribution in [1.29, 1.82) is 0 Å². The number of nitrogens with zero attached hydrogens (tertiary/aromatic N) is 1. The van der Waals surface area contributed by atoms with Crippen LogP contribution in [-0.2, 0) is 0 Å². The number of benzene rings is 1. The van der Waals surface area contributed by atoms with Crippen molar-refractivity contribution >= 4 is 17.3 Å². The van der Waals surface area contributed by atoms with Gasteiger partial charge in [0, 0.05) is 18.6 Å². The molecule has 1 aromatic carbocycles. The van der Waals surface area contributed by atoms with Gasteiger partial charge in [-0.05, 0) is 37.1 Å². The Kier molecular flexibility index (Phi) is 5.59. The summed E-state index contributed by atoms with van der Waals surface area (Å²) in [5.74, 6) is 1.39. The molecule has 0 heterocycles. The van der Waals surface area contributed by atoms with E-state index in [0.29, 0.717) is 5.92 Å². The first-order valence-corrected chi connectivity index (χ1v) is 6.21. The van der Waals surface area contributed by atoms with Crippen molar-refractivity contribution < 1.29 is 4.74 Å². The van der Waals surface area contributed by atoms with E-state index in [0.717, 1.165) is 36.0 Å². The van der Waals surface area contributed by atoms with Crippen molar-refractivity contribution in [2.24, 2.45) is 11.7 Å². The molecular formula is C13H21ClN2O. The summed E-state index contributed by atoms with van der Waals surface area (Å²) in [6.45, 7) is 3.86. The Hall–Kier alpha value is -0.930. The van der Waals surface area contributed by atoms with E-state index in [1.165, 1.54) is 0 Å². The van der Waals surface area contributed by atoms with Crippen LogP contribution in [0.5, 0.6) is 5.75 Å². The van der Waals surface area contributed by atoms with Crippen molar-refractivity contribution in [3.8, 4) is 5.75 Å². The van der Waals surface area contributed by atoms with Crippen LogP contribution in [0.2, 0.25) is 5.02 Å². The van der Waals surface area contributed by atoms with Crippen LogP contribution in [0, 0.1) is 5.92 Å². The molecule has 0 radical (unpaired) electrons. The minimum absolute atomic E-state index is 0.550. The van der Waals surface area contributed by atoms with E-state index >= 15 is 0 Å². The topological polar surface area (TPSA) is 38.5 Å². The minimum atomic E-state index is 0.550. The standard InChI is InChI=1S/C13H21ClN2O/c1-10(6-7-15)9-16(2)12-8-11(14)4-5-13(12)17-3/h4-5,8,10H,6-7,9,15H2,1-3H3. The van der Waals surface area contributed by atoms with Crippen LogP contribution in [0.25, 0.3) is 0 Å². The van der Waals surface area contributed by atoms with E-state index in [2.05, 4.69) is 11.8 Å². The van der Waals surface area contributed by atoms with Crippen LogP contribution in [0.15, 0.2) is 18.2 Å². The molecule has 0 spiro atoms. The summed E-state index contributed by atoms with van der Waals surface area (Å²) < 4.78 is 5.34. The lowest BCUT2D eigenvalue weighted by atomic mass is 10.1. The highest BCUT2D eigenvalue weighted by molar-refractivity contribution is 6.30. The summed E-state index contributed by atoms with van der Waals surface area (Å²) in [6, 6.07) is 5.65. The summed E-state index contributed by atoms with van der Waals surface area (Å²) in [5, 5.41) is 0.721. The molecule has 1 unspecified atom stereocenters. The molecule has 0 fully saturated rings. The fourth-order valence-corrected chi connectivity index (χ4v) is 2.07. The molecule has 0 aliphatic rings. The first kappa shape index (κ1) is 14.1. The quantitative estimate of drug-likeness (QED) is 0.851. The van der Waals surface area contributed by atoms with Crippen LogP contribution in [0.4, 0.5) is 5.69 Å². The van der Waals surface area contributed by atoms with Crippen molar-refractivity contribution in [2.45, 2.75) is 13.3 Å². The summed E-state index contributed by atoms with van der Waals surface area (Å²) in [5.41, 5.74) is 6.58. The molecule has 0 saturated heterocycles. The normalized spacial score (nSPS) is 12.3. The van der Waals surface area contributed by atoms with Crippen LogP contribution in [-0.4, -0.2) is 27.2 Å². The molecule has 1 aromatic rings. The third-order valence-electron chi connectivity index (χ3n) is 2.80. The molecule has 0 aliphatic heterocycles. The second-order valence-electron chi connectivity index (χ2n) is 4.38. The maximum Gasteiger partial charge on any atom is 0.142 e. The third-order valence-corrected chi connectivity index (χ3v) is 3.03. The van der Waals surface area contributed by atoms with Gasteiger partial charge in [0.05, 0.1) is 12.8 Å². The molecule has 0 amide bonds. The maximum absolute atomic E-state index is 6.01. The lowest BCUT2D eigenvalue weighted by Gasteiger charge is -2.25. The predicted octanol–water partition coefficient (Wildman–Crippen LogP) is 2.77. The van der Waals surface area contributed by atoms with Gasteiger partial charge in [0.2, 0.25) is 0 Å². The lowest BCUT2D eigenvalue weighted by Crippen LogP contribution is -2.25. The predicted molar refractivity (Wildman–Crippen MR) is 74.1 cm³/mol. The van der Waals surface area contributed by atoms with Crippen molar-refractivity contribution in [3.05, 3.63) is 23.2 Å². The highest BCUT2D eigenvalue weighted by Gasteiger charge is 2.11. The maximum atomic E-state index is 6.01. The van der Waals surface area contributed by atoms with Gasteiger partial charge in [0.25, 0.3) is 0 Å². The smallest absolute Gasteiger partial charge is 0.142 e. The number of nitrogens with two attached hydrogens (primary N) is 1. The SMILES string of the molecule is COc1ccc(Cl)cc1N(C)CC(C)CCN. The van der Waals surface area contributed by atoms with Crippen molar-refractivity contribution in [1.82, 2.24) is 0 Å². The molecule has 0 bridgehead atoms. The summed E-state index contributed by atoms with van der Waals surface area (Å²) in [7, 11) is 3.71. The second kappa shape index (κ2) is 6.72. The molecule has 96 valence electrons. The summed E-state index contributed by atoms with van der Waals surface area (Å²) >= 11 is 6.01. The number of ether oxygens (including phenoxy) is 1. The molecule has 2 N–H and O–H groups in total. The Morgan fingerprint density at radius 2 is 2.18 bits per heavy atom. The molecule has 17 heavy (non-hydrogen) atoms. The van der Waals surface area contributed by atoms with Gasteiger partial charge in [-0.2, -0.15) is 0 Å². The third kappa shape index (κ3) is 4.10. The molecule has 0 saturated carbocycles. The number of hydrogen-bond donors (Lipinski definition) is 1. The zero-order valence-electron chi connectivity index (χ0n) is 10.7. The van der Waals surface area contributed by atoms with E-state index in [9.17, 15) is 0 Å². The van der Waals surface area contributed by atoms with E-state index in [1.54, 1.807) is 7.11 Å². The van der Waals surface area contributed by atoms with Gasteiger partial charge in [0.1, 0.15) is 5.75 Å². The first-order valence-electron chi connectivity index (χ1n) is 5.83. The lowest BCUT2D eigenvalue weighted by molar-refractivity contribution is 0.413. The van der Waals surface area contributed by atoms with E-state index < -0.39 is 0 Å². The molecule has 1 atom stereocenters. The fourth-order valence-electron chi connectivity index (χ4n) is 1.90. The number of halogens is 1. The van der Waals surface area contributed by atoms with Crippen LogP contribution in [0.1, 0.15) is 13.3 Å². The molecule has 0 aromatic heterocycles. The average molecular weight is 257 g/mol. The highest BCUT2D eigenvalue weighted by Crippen LogP contribution is 2.30. The fraction of sp³-hybridized carbons (Fsp3) is 0.538. The van der Waals surface area contributed by atoms with Gasteiger partial charge in [-0.3, -0.25) is 0 Å². The molecule has 3 nitrogen and oxygen atoms in total. The number of hydrogen-bond acceptors (Lipinski definition) is 3. The largest absolute Gasteiger partial charge is 0.495 e. The number of rotatable bonds is 6. The minimum Gasteiger partial charge on any atom is -0.495 e. The van der Waals surface area contributed by atoms with Crippen LogP contribution >= 0.6 is 11.6 Å². The van der Waals surface area contributed by atoms with E-state index in [-0.39, 0.29) is 0 Å². The second-order valence-corrected chi connectivity index (χ2v) is 4.82. The van der Waals surface area contributed by atoms with Crippen molar-refractivity contribution in [2.75, 3.05) is 32.1 Å². The summed E-state index contributed by atoms with van der Waals surface area (Å²) in [6.07, 6.45) is 1.02. The Labute approximate surface area is 109 Å². The Morgan fingerprint density at radius 3 is 2.76 bits per heavy atom. The van der Waals surface area contributed by atoms with Gasteiger partial charge in [-0.1, -0.05) is 18.5 Å². The van der Waals surface area contributed by atoms with Gasteiger partial charge in [0.15, 0.2) is 0 Å². The summed E-state index contributed by atoms with van der Waals surface area (Å²) in [4.78, 5) is 2.16. The van der Waals surface area contributed by atoms with E-state index in [1.807, 2.05) is 25.2 Å². The molecule has 1 rings (SSSR count). The molecular weight excluding hydrogens is 236 g/mol. The zero-order chi connectivity index (χ0) is 12.8. The number of anilines is 1. The Balaban J connectivity index is 2.79. The average Bonchev–Trinajstić information content (AvgIpc) is 2.29. The molecule has 4 heteroatoms. The van der Waals surface area contributed by atoms with Gasteiger partial charge >= 0.3 is 0 Å². The highest BCUT2D eigenvalue weighted by atomic mass is 35.5. The Morgan fingerprint density at radius 1 is 1.47 bits per heavy atom. The van der Waals surface area contributed by atoms with Crippen molar-refractivity contribution in [3.63, 3.8) is 0 Å². The van der Waals surface area contributed by atoms with E-state index in [4.69, 9.17) is 22.1 Å². The zero-order valence-corrected chi connectivity index (χ0v) is 11.5. The monoisotopic (exact) mass is 256 g/mol. The Bertz CT molecular complexity index is 357. The van der Waals surface area contributed by atoms with Gasteiger partial charge in [-0.15, -0.1) is 0 Å². The van der Waals surface area contributed by atoms with Crippen LogP contribution < -0.4 is 15.4 Å². The first-order chi connectivity index (χ1) is 8.08.